The highest BCUT2D eigenvalue weighted by atomic mass is 16.5. The van der Waals surface area contributed by atoms with Crippen LogP contribution in [0.5, 0.6) is 5.75 Å². The zero-order valence-corrected chi connectivity index (χ0v) is 7.69. The predicted octanol–water partition coefficient (Wildman–Crippen LogP) is 0.909. The summed E-state index contributed by atoms with van der Waals surface area (Å²) in [5, 5.41) is 3.23. The van der Waals surface area contributed by atoms with Crippen LogP contribution in [0, 0.1) is 5.92 Å². The third-order valence-corrected chi connectivity index (χ3v) is 3.05. The summed E-state index contributed by atoms with van der Waals surface area (Å²) in [5.74, 6) is 0.985. The number of fused-ring (bicyclic) bond motifs is 3. The van der Waals surface area contributed by atoms with Gasteiger partial charge in [-0.1, -0.05) is 18.2 Å². The number of carbonyl (C=O) groups is 1. The Kier molecular flexibility index (Phi) is 1.61. The van der Waals surface area contributed by atoms with Crippen molar-refractivity contribution in [1.82, 2.24) is 5.32 Å². The van der Waals surface area contributed by atoms with Crippen LogP contribution >= 0.6 is 0 Å². The van der Waals surface area contributed by atoms with Gasteiger partial charge in [-0.15, -0.1) is 0 Å². The number of carbonyl (C=O) groups excluding carboxylic acids is 1. The summed E-state index contributed by atoms with van der Waals surface area (Å²) < 4.78 is 5.27. The van der Waals surface area contributed by atoms with E-state index in [1.807, 2.05) is 24.3 Å². The fourth-order valence-corrected chi connectivity index (χ4v) is 2.32. The maximum absolute atomic E-state index is 11.6. The van der Waals surface area contributed by atoms with Gasteiger partial charge in [0.1, 0.15) is 5.75 Å². The van der Waals surface area contributed by atoms with Crippen molar-refractivity contribution in [3.63, 3.8) is 0 Å². The van der Waals surface area contributed by atoms with Crippen molar-refractivity contribution in [1.29, 1.82) is 0 Å². The first-order valence-electron chi connectivity index (χ1n) is 4.87. The second-order valence-corrected chi connectivity index (χ2v) is 3.83. The molecular weight excluding hydrogens is 178 g/mol. The van der Waals surface area contributed by atoms with E-state index in [-0.39, 0.29) is 11.9 Å². The van der Waals surface area contributed by atoms with E-state index in [1.165, 1.54) is 5.56 Å². The van der Waals surface area contributed by atoms with Gasteiger partial charge in [-0.3, -0.25) is 4.79 Å². The van der Waals surface area contributed by atoms with E-state index in [9.17, 15) is 4.79 Å². The highest BCUT2D eigenvalue weighted by molar-refractivity contribution is 5.80. The molecular formula is C11H11NO2. The third kappa shape index (κ3) is 0.990. The summed E-state index contributed by atoms with van der Waals surface area (Å²) in [6.07, 6.45) is 0. The van der Waals surface area contributed by atoms with Gasteiger partial charge in [0.15, 0.2) is 0 Å². The van der Waals surface area contributed by atoms with Crippen molar-refractivity contribution in [2.24, 2.45) is 5.92 Å². The van der Waals surface area contributed by atoms with E-state index in [1.54, 1.807) is 0 Å². The molecule has 2 aliphatic rings. The summed E-state index contributed by atoms with van der Waals surface area (Å²) in [5.41, 5.74) is 1.17. The zero-order chi connectivity index (χ0) is 9.54. The smallest absolute Gasteiger partial charge is 0.316 e. The van der Waals surface area contributed by atoms with Crippen LogP contribution in [0.2, 0.25) is 0 Å². The van der Waals surface area contributed by atoms with E-state index in [4.69, 9.17) is 4.74 Å². The van der Waals surface area contributed by atoms with Gasteiger partial charge in [-0.25, -0.2) is 0 Å². The maximum atomic E-state index is 11.6. The molecule has 0 bridgehead atoms. The van der Waals surface area contributed by atoms with Crippen LogP contribution < -0.4 is 10.1 Å². The van der Waals surface area contributed by atoms with Crippen LogP contribution in [-0.4, -0.2) is 19.1 Å². The Bertz CT molecular complexity index is 389. The van der Waals surface area contributed by atoms with Gasteiger partial charge < -0.3 is 10.1 Å². The van der Waals surface area contributed by atoms with Crippen molar-refractivity contribution in [2.45, 2.75) is 5.92 Å². The van der Waals surface area contributed by atoms with Crippen molar-refractivity contribution >= 4 is 5.97 Å². The Morgan fingerprint density at radius 2 is 2.00 bits per heavy atom. The summed E-state index contributed by atoms with van der Waals surface area (Å²) >= 11 is 0. The molecule has 1 fully saturated rings. The van der Waals surface area contributed by atoms with Crippen molar-refractivity contribution in [3.8, 4) is 5.75 Å². The standard InChI is InChI=1S/C11H11NO2/c13-11-9-6-12-5-8(9)7-3-1-2-4-10(7)14-11/h1-4,8-9,12H,5-6H2. The molecule has 0 radical (unpaired) electrons. The molecule has 14 heavy (non-hydrogen) atoms. The molecule has 2 atom stereocenters. The number of para-hydroxylation sites is 1. The zero-order valence-electron chi connectivity index (χ0n) is 7.69. The minimum absolute atomic E-state index is 0.0184. The molecule has 2 aliphatic heterocycles. The molecule has 3 heteroatoms. The van der Waals surface area contributed by atoms with Gasteiger partial charge in [-0.05, 0) is 6.07 Å². The third-order valence-electron chi connectivity index (χ3n) is 3.05. The molecule has 72 valence electrons. The molecule has 0 aromatic heterocycles. The molecule has 0 saturated carbocycles. The van der Waals surface area contributed by atoms with E-state index in [0.29, 0.717) is 5.92 Å². The number of rotatable bonds is 0. The fourth-order valence-electron chi connectivity index (χ4n) is 2.32. The average Bonchev–Trinajstić information content (AvgIpc) is 2.67. The minimum Gasteiger partial charge on any atom is -0.426 e. The van der Waals surface area contributed by atoms with Gasteiger partial charge in [0.2, 0.25) is 0 Å². The lowest BCUT2D eigenvalue weighted by molar-refractivity contribution is -0.140. The number of ether oxygens (including phenoxy) is 1. The molecule has 3 nitrogen and oxygen atoms in total. The highest BCUT2D eigenvalue weighted by Crippen LogP contribution is 2.39. The van der Waals surface area contributed by atoms with Crippen LogP contribution in [0.3, 0.4) is 0 Å². The molecule has 2 heterocycles. The Morgan fingerprint density at radius 1 is 1.21 bits per heavy atom. The summed E-state index contributed by atoms with van der Waals surface area (Å²) in [6.45, 7) is 1.63. The lowest BCUT2D eigenvalue weighted by atomic mass is 9.86. The second-order valence-electron chi connectivity index (χ2n) is 3.83. The normalized spacial score (nSPS) is 29.3. The van der Waals surface area contributed by atoms with Gasteiger partial charge in [-0.2, -0.15) is 0 Å². The second kappa shape index (κ2) is 2.82. The molecule has 1 N–H and O–H groups in total. The van der Waals surface area contributed by atoms with Crippen LogP contribution in [0.4, 0.5) is 0 Å². The van der Waals surface area contributed by atoms with Gasteiger partial charge in [0.25, 0.3) is 0 Å². The van der Waals surface area contributed by atoms with Crippen molar-refractivity contribution in [2.75, 3.05) is 13.1 Å². The number of esters is 1. The first kappa shape index (κ1) is 8.00. The average molecular weight is 189 g/mol. The quantitative estimate of drug-likeness (QED) is 0.487. The Balaban J connectivity index is 2.11. The van der Waals surface area contributed by atoms with E-state index >= 15 is 0 Å². The molecule has 1 aromatic carbocycles. The predicted molar refractivity (Wildman–Crippen MR) is 51.2 cm³/mol. The first-order chi connectivity index (χ1) is 6.86. The number of nitrogens with one attached hydrogen (secondary N) is 1. The lowest BCUT2D eigenvalue weighted by Crippen LogP contribution is -2.30. The molecule has 1 aromatic rings. The molecule has 0 spiro atoms. The van der Waals surface area contributed by atoms with Crippen molar-refractivity contribution in [3.05, 3.63) is 29.8 Å². The van der Waals surface area contributed by atoms with Gasteiger partial charge >= 0.3 is 5.97 Å². The topological polar surface area (TPSA) is 38.3 Å². The molecule has 0 amide bonds. The van der Waals surface area contributed by atoms with Crippen molar-refractivity contribution < 1.29 is 9.53 Å². The summed E-state index contributed by atoms with van der Waals surface area (Å²) in [6, 6.07) is 7.80. The Labute approximate surface area is 82.1 Å². The molecule has 3 rings (SSSR count). The van der Waals surface area contributed by atoms with Crippen LogP contribution in [-0.2, 0) is 4.79 Å². The Hall–Kier alpha value is -1.35. The summed E-state index contributed by atoms with van der Waals surface area (Å²) in [4.78, 5) is 11.6. The monoisotopic (exact) mass is 189 g/mol. The highest BCUT2D eigenvalue weighted by Gasteiger charge is 2.40. The molecule has 2 unspecified atom stereocenters. The van der Waals surface area contributed by atoms with Gasteiger partial charge in [0.05, 0.1) is 5.92 Å². The SMILES string of the molecule is O=C1Oc2ccccc2C2CNCC12. The fraction of sp³-hybridized carbons (Fsp3) is 0.364. The maximum Gasteiger partial charge on any atom is 0.316 e. The largest absolute Gasteiger partial charge is 0.426 e. The minimum atomic E-state index is -0.0845. The lowest BCUT2D eigenvalue weighted by Gasteiger charge is -2.25. The number of benzene rings is 1. The van der Waals surface area contributed by atoms with Gasteiger partial charge in [0, 0.05) is 24.6 Å². The van der Waals surface area contributed by atoms with E-state index in [0.717, 1.165) is 18.8 Å². The van der Waals surface area contributed by atoms with Crippen LogP contribution in [0.25, 0.3) is 0 Å². The molecule has 0 aliphatic carbocycles. The van der Waals surface area contributed by atoms with E-state index < -0.39 is 0 Å². The molecule has 1 saturated heterocycles. The van der Waals surface area contributed by atoms with Crippen LogP contribution in [0.15, 0.2) is 24.3 Å². The number of hydrogen-bond acceptors (Lipinski definition) is 3. The summed E-state index contributed by atoms with van der Waals surface area (Å²) in [7, 11) is 0. The van der Waals surface area contributed by atoms with E-state index in [2.05, 4.69) is 5.32 Å². The number of hydrogen-bond donors (Lipinski definition) is 1. The first-order valence-corrected chi connectivity index (χ1v) is 4.87. The van der Waals surface area contributed by atoms with Crippen LogP contribution in [0.1, 0.15) is 11.5 Å². The Morgan fingerprint density at radius 3 is 2.93 bits per heavy atom.